The Labute approximate surface area is 126 Å². The lowest BCUT2D eigenvalue weighted by Gasteiger charge is -2.06. The molecule has 0 amide bonds. The molecule has 0 aliphatic heterocycles. The summed E-state index contributed by atoms with van der Waals surface area (Å²) < 4.78 is 39.1. The first kappa shape index (κ1) is 15.0. The van der Waals surface area contributed by atoms with Crippen LogP contribution in [0, 0.1) is 11.3 Å². The van der Waals surface area contributed by atoms with E-state index in [1.54, 1.807) is 0 Å². The largest absolute Gasteiger partial charge is 0.436 e. The molecule has 9 heteroatoms. The summed E-state index contributed by atoms with van der Waals surface area (Å²) in [4.78, 5) is 0. The van der Waals surface area contributed by atoms with Crippen LogP contribution in [0.3, 0.4) is 0 Å². The summed E-state index contributed by atoms with van der Waals surface area (Å²) >= 11 is 17.4. The molecular formula is C11H3Cl3F3N3. The molecule has 0 unspecified atom stereocenters. The quantitative estimate of drug-likeness (QED) is 0.753. The van der Waals surface area contributed by atoms with E-state index < -0.39 is 22.6 Å². The Morgan fingerprint density at radius 1 is 1.20 bits per heavy atom. The van der Waals surface area contributed by atoms with Crippen molar-refractivity contribution in [1.82, 2.24) is 9.78 Å². The normalized spacial score (nSPS) is 11.4. The predicted octanol–water partition coefficient (Wildman–Crippen LogP) is 4.72. The second kappa shape index (κ2) is 5.17. The Balaban J connectivity index is 2.71. The topological polar surface area (TPSA) is 41.6 Å². The zero-order valence-electron chi connectivity index (χ0n) is 9.34. The molecule has 0 bridgehead atoms. The summed E-state index contributed by atoms with van der Waals surface area (Å²) in [6.07, 6.45) is -4.79. The number of halogens is 6. The summed E-state index contributed by atoms with van der Waals surface area (Å²) in [6, 6.07) is 5.48. The fourth-order valence-corrected chi connectivity index (χ4v) is 2.26. The van der Waals surface area contributed by atoms with Crippen LogP contribution in [-0.4, -0.2) is 9.78 Å². The van der Waals surface area contributed by atoms with Crippen molar-refractivity contribution >= 4 is 34.8 Å². The molecule has 0 aliphatic rings. The highest BCUT2D eigenvalue weighted by Crippen LogP contribution is 2.36. The lowest BCUT2D eigenvalue weighted by molar-refractivity contribution is -0.141. The van der Waals surface area contributed by atoms with Gasteiger partial charge in [-0.1, -0.05) is 34.8 Å². The first-order valence-electron chi connectivity index (χ1n) is 4.97. The molecule has 2 rings (SSSR count). The van der Waals surface area contributed by atoms with Gasteiger partial charge in [0.25, 0.3) is 0 Å². The number of hydrogen-bond acceptors (Lipinski definition) is 2. The molecule has 2 aromatic rings. The van der Waals surface area contributed by atoms with Gasteiger partial charge < -0.3 is 0 Å². The first-order valence-corrected chi connectivity index (χ1v) is 6.10. The Hall–Kier alpha value is -1.42. The number of rotatable bonds is 1. The molecule has 1 aromatic heterocycles. The smallest absolute Gasteiger partial charge is 0.219 e. The minimum absolute atomic E-state index is 0.0557. The van der Waals surface area contributed by atoms with E-state index in [1.165, 1.54) is 24.3 Å². The fourth-order valence-electron chi connectivity index (χ4n) is 1.51. The standard InChI is InChI=1S/C11H3Cl3F3N3/c12-5-1-2-8(7(13)3-5)20-10(14)6(4-18)9(19-20)11(15,16)17/h1-3H. The molecule has 3 nitrogen and oxygen atoms in total. The van der Waals surface area contributed by atoms with Crippen molar-refractivity contribution in [3.05, 3.63) is 44.7 Å². The van der Waals surface area contributed by atoms with E-state index >= 15 is 0 Å². The van der Waals surface area contributed by atoms with Gasteiger partial charge in [-0.15, -0.1) is 0 Å². The third kappa shape index (κ3) is 2.57. The number of nitriles is 1. The molecule has 1 aromatic carbocycles. The zero-order chi connectivity index (χ0) is 15.1. The van der Waals surface area contributed by atoms with Crippen LogP contribution in [0.25, 0.3) is 5.69 Å². The number of benzene rings is 1. The molecular weight excluding hydrogens is 337 g/mol. The summed E-state index contributed by atoms with van der Waals surface area (Å²) in [7, 11) is 0. The number of nitrogens with zero attached hydrogens (tertiary/aromatic N) is 3. The van der Waals surface area contributed by atoms with Gasteiger partial charge in [-0.05, 0) is 18.2 Å². The maximum absolute atomic E-state index is 12.8. The monoisotopic (exact) mass is 339 g/mol. The van der Waals surface area contributed by atoms with Gasteiger partial charge in [0.05, 0.1) is 10.7 Å². The van der Waals surface area contributed by atoms with Crippen LogP contribution in [0.2, 0.25) is 15.2 Å². The molecule has 0 N–H and O–H groups in total. The molecule has 0 spiro atoms. The van der Waals surface area contributed by atoms with Crippen LogP contribution >= 0.6 is 34.8 Å². The van der Waals surface area contributed by atoms with Crippen molar-refractivity contribution in [2.75, 3.05) is 0 Å². The number of hydrogen-bond donors (Lipinski definition) is 0. The van der Waals surface area contributed by atoms with Crippen molar-refractivity contribution in [1.29, 1.82) is 5.26 Å². The van der Waals surface area contributed by atoms with Crippen molar-refractivity contribution in [3.63, 3.8) is 0 Å². The SMILES string of the molecule is N#Cc1c(C(F)(F)F)nn(-c2ccc(Cl)cc2Cl)c1Cl. The van der Waals surface area contributed by atoms with Gasteiger partial charge in [-0.25, -0.2) is 4.68 Å². The maximum atomic E-state index is 12.8. The van der Waals surface area contributed by atoms with Crippen LogP contribution < -0.4 is 0 Å². The minimum atomic E-state index is -4.79. The van der Waals surface area contributed by atoms with Gasteiger partial charge in [0.2, 0.25) is 0 Å². The molecule has 0 saturated carbocycles. The minimum Gasteiger partial charge on any atom is -0.219 e. The van der Waals surface area contributed by atoms with Gasteiger partial charge in [0.1, 0.15) is 11.6 Å². The van der Waals surface area contributed by atoms with E-state index in [1.807, 2.05) is 0 Å². The highest BCUT2D eigenvalue weighted by molar-refractivity contribution is 6.36. The second-order valence-corrected chi connectivity index (χ2v) is 4.83. The van der Waals surface area contributed by atoms with Crippen molar-refractivity contribution in [2.45, 2.75) is 6.18 Å². The van der Waals surface area contributed by atoms with Gasteiger partial charge in [-0.2, -0.15) is 23.5 Å². The van der Waals surface area contributed by atoms with Crippen LogP contribution in [0.5, 0.6) is 0 Å². The van der Waals surface area contributed by atoms with Crippen LogP contribution in [0.15, 0.2) is 18.2 Å². The third-order valence-electron chi connectivity index (χ3n) is 2.35. The number of alkyl halides is 3. The predicted molar refractivity (Wildman–Crippen MR) is 68.3 cm³/mol. The summed E-state index contributed by atoms with van der Waals surface area (Å²) in [6.45, 7) is 0. The van der Waals surface area contributed by atoms with Crippen LogP contribution in [0.4, 0.5) is 13.2 Å². The average molecular weight is 341 g/mol. The van der Waals surface area contributed by atoms with E-state index in [4.69, 9.17) is 40.1 Å². The average Bonchev–Trinajstić information content (AvgIpc) is 2.66. The lowest BCUT2D eigenvalue weighted by Crippen LogP contribution is -2.09. The molecule has 0 fully saturated rings. The van der Waals surface area contributed by atoms with E-state index in [2.05, 4.69) is 5.10 Å². The van der Waals surface area contributed by atoms with E-state index in [0.29, 0.717) is 5.02 Å². The Bertz CT molecular complexity index is 716. The van der Waals surface area contributed by atoms with Gasteiger partial charge >= 0.3 is 6.18 Å². The molecule has 1 heterocycles. The van der Waals surface area contributed by atoms with E-state index in [-0.39, 0.29) is 10.7 Å². The Kier molecular flexibility index (Phi) is 3.87. The molecule has 0 atom stereocenters. The summed E-state index contributed by atoms with van der Waals surface area (Å²) in [5.74, 6) is 0. The molecule has 20 heavy (non-hydrogen) atoms. The molecule has 0 aliphatic carbocycles. The fraction of sp³-hybridized carbons (Fsp3) is 0.0909. The summed E-state index contributed by atoms with van der Waals surface area (Å²) in [5.41, 5.74) is -2.03. The highest BCUT2D eigenvalue weighted by Gasteiger charge is 2.39. The summed E-state index contributed by atoms with van der Waals surface area (Å²) in [5, 5.41) is 12.0. The van der Waals surface area contributed by atoms with Crippen LogP contribution in [-0.2, 0) is 6.18 Å². The third-order valence-corrected chi connectivity index (χ3v) is 3.23. The second-order valence-electron chi connectivity index (χ2n) is 3.63. The highest BCUT2D eigenvalue weighted by atomic mass is 35.5. The van der Waals surface area contributed by atoms with E-state index in [9.17, 15) is 13.2 Å². The maximum Gasteiger partial charge on any atom is 0.436 e. The van der Waals surface area contributed by atoms with Crippen molar-refractivity contribution < 1.29 is 13.2 Å². The zero-order valence-corrected chi connectivity index (χ0v) is 11.6. The molecule has 0 saturated heterocycles. The Morgan fingerprint density at radius 3 is 2.30 bits per heavy atom. The van der Waals surface area contributed by atoms with Gasteiger partial charge in [0.15, 0.2) is 10.8 Å². The molecule has 104 valence electrons. The first-order chi connectivity index (χ1) is 9.25. The molecule has 0 radical (unpaired) electrons. The van der Waals surface area contributed by atoms with Crippen molar-refractivity contribution in [2.24, 2.45) is 0 Å². The number of aromatic nitrogens is 2. The Morgan fingerprint density at radius 2 is 1.85 bits per heavy atom. The van der Waals surface area contributed by atoms with Gasteiger partial charge in [0, 0.05) is 5.02 Å². The van der Waals surface area contributed by atoms with E-state index in [0.717, 1.165) is 4.68 Å². The van der Waals surface area contributed by atoms with Crippen LogP contribution in [0.1, 0.15) is 11.3 Å². The van der Waals surface area contributed by atoms with Gasteiger partial charge in [-0.3, -0.25) is 0 Å². The van der Waals surface area contributed by atoms with Crippen molar-refractivity contribution in [3.8, 4) is 11.8 Å². The lowest BCUT2D eigenvalue weighted by atomic mass is 10.2.